The second-order valence-corrected chi connectivity index (χ2v) is 4.95. The van der Waals surface area contributed by atoms with Crippen molar-refractivity contribution in [3.05, 3.63) is 70.5 Å². The Morgan fingerprint density at radius 2 is 1.68 bits per heavy atom. The lowest BCUT2D eigenvalue weighted by molar-refractivity contribution is 0.529. The van der Waals surface area contributed by atoms with Gasteiger partial charge in [0.2, 0.25) is 0 Å². The summed E-state index contributed by atoms with van der Waals surface area (Å²) in [4.78, 5) is 0. The molecule has 19 heavy (non-hydrogen) atoms. The maximum atomic E-state index is 14.2. The van der Waals surface area contributed by atoms with Gasteiger partial charge in [-0.3, -0.25) is 0 Å². The molecule has 0 radical (unpaired) electrons. The number of halogens is 1. The summed E-state index contributed by atoms with van der Waals surface area (Å²) < 4.78 is 14.2. The summed E-state index contributed by atoms with van der Waals surface area (Å²) >= 11 is 0. The van der Waals surface area contributed by atoms with Crippen molar-refractivity contribution in [2.24, 2.45) is 0 Å². The smallest absolute Gasteiger partial charge is 0.130 e. The van der Waals surface area contributed by atoms with Crippen LogP contribution in [0.15, 0.2) is 42.5 Å². The first kappa shape index (κ1) is 13.8. The van der Waals surface area contributed by atoms with Crippen LogP contribution < -0.4 is 5.32 Å². The maximum Gasteiger partial charge on any atom is 0.130 e. The molecule has 0 heterocycles. The third-order valence-corrected chi connectivity index (χ3v) is 3.63. The highest BCUT2D eigenvalue weighted by atomic mass is 19.1. The van der Waals surface area contributed by atoms with Gasteiger partial charge in [0.05, 0.1) is 0 Å². The molecule has 0 aliphatic heterocycles. The third-order valence-electron chi connectivity index (χ3n) is 3.63. The molecule has 2 rings (SSSR count). The van der Waals surface area contributed by atoms with Gasteiger partial charge in [-0.15, -0.1) is 0 Å². The van der Waals surface area contributed by atoms with Crippen LogP contribution in [-0.2, 0) is 6.42 Å². The molecule has 2 aromatic rings. The van der Waals surface area contributed by atoms with Crippen LogP contribution in [-0.4, -0.2) is 7.05 Å². The summed E-state index contributed by atoms with van der Waals surface area (Å²) in [5.41, 5.74) is 3.94. The predicted molar refractivity (Wildman–Crippen MR) is 77.8 cm³/mol. The Kier molecular flexibility index (Phi) is 4.33. The maximum absolute atomic E-state index is 14.2. The van der Waals surface area contributed by atoms with Crippen molar-refractivity contribution < 1.29 is 4.39 Å². The van der Waals surface area contributed by atoms with E-state index in [9.17, 15) is 4.39 Å². The van der Waals surface area contributed by atoms with Gasteiger partial charge in [0.25, 0.3) is 0 Å². The lowest BCUT2D eigenvalue weighted by Gasteiger charge is -2.19. The molecule has 0 spiro atoms. The fourth-order valence-electron chi connectivity index (χ4n) is 2.37. The van der Waals surface area contributed by atoms with Crippen LogP contribution >= 0.6 is 0 Å². The second kappa shape index (κ2) is 5.98. The van der Waals surface area contributed by atoms with Gasteiger partial charge in [0, 0.05) is 11.6 Å². The highest BCUT2D eigenvalue weighted by molar-refractivity contribution is 5.32. The topological polar surface area (TPSA) is 12.0 Å². The van der Waals surface area contributed by atoms with Crippen LogP contribution in [0.3, 0.4) is 0 Å². The Hall–Kier alpha value is -1.67. The molecule has 1 nitrogen and oxygen atoms in total. The Labute approximate surface area is 114 Å². The van der Waals surface area contributed by atoms with E-state index in [-0.39, 0.29) is 11.9 Å². The molecular weight excluding hydrogens is 237 g/mol. The first-order valence-electron chi connectivity index (χ1n) is 6.60. The monoisotopic (exact) mass is 257 g/mol. The first-order chi connectivity index (χ1) is 9.13. The van der Waals surface area contributed by atoms with Crippen molar-refractivity contribution in [2.45, 2.75) is 26.3 Å². The number of hydrogen-bond donors (Lipinski definition) is 1. The van der Waals surface area contributed by atoms with Crippen LogP contribution in [0.1, 0.15) is 28.3 Å². The molecule has 0 amide bonds. The van der Waals surface area contributed by atoms with Gasteiger partial charge >= 0.3 is 0 Å². The van der Waals surface area contributed by atoms with E-state index in [2.05, 4.69) is 24.4 Å². The fourth-order valence-corrected chi connectivity index (χ4v) is 2.37. The van der Waals surface area contributed by atoms with E-state index in [1.165, 1.54) is 11.1 Å². The van der Waals surface area contributed by atoms with E-state index >= 15 is 0 Å². The first-order valence-corrected chi connectivity index (χ1v) is 6.60. The summed E-state index contributed by atoms with van der Waals surface area (Å²) in [7, 11) is 1.88. The molecule has 0 aliphatic rings. The van der Waals surface area contributed by atoms with E-state index in [0.717, 1.165) is 12.0 Å². The van der Waals surface area contributed by atoms with Crippen molar-refractivity contribution in [3.8, 4) is 0 Å². The SMILES string of the molecule is CNC(Cc1ccccc1C)c1cccc(C)c1F. The fraction of sp³-hybridized carbons (Fsp3) is 0.294. The summed E-state index contributed by atoms with van der Waals surface area (Å²) in [6.45, 7) is 3.90. The van der Waals surface area contributed by atoms with Crippen LogP contribution in [0.25, 0.3) is 0 Å². The molecule has 1 unspecified atom stereocenters. The van der Waals surface area contributed by atoms with Gasteiger partial charge in [-0.1, -0.05) is 42.5 Å². The molecule has 0 aliphatic carbocycles. The summed E-state index contributed by atoms with van der Waals surface area (Å²) in [5, 5.41) is 3.22. The van der Waals surface area contributed by atoms with Crippen molar-refractivity contribution >= 4 is 0 Å². The van der Waals surface area contributed by atoms with E-state index in [4.69, 9.17) is 0 Å². The highest BCUT2D eigenvalue weighted by Gasteiger charge is 2.16. The minimum Gasteiger partial charge on any atom is -0.313 e. The summed E-state index contributed by atoms with van der Waals surface area (Å²) in [6.07, 6.45) is 0.795. The summed E-state index contributed by atoms with van der Waals surface area (Å²) in [6, 6.07) is 13.8. The second-order valence-electron chi connectivity index (χ2n) is 4.95. The number of aryl methyl sites for hydroxylation is 2. The molecular formula is C17H20FN. The zero-order valence-electron chi connectivity index (χ0n) is 11.7. The Bertz CT molecular complexity index is 563. The van der Waals surface area contributed by atoms with Crippen molar-refractivity contribution in [1.82, 2.24) is 5.32 Å². The molecule has 0 saturated heterocycles. The molecule has 2 aromatic carbocycles. The normalized spacial score (nSPS) is 12.4. The van der Waals surface area contributed by atoms with Crippen molar-refractivity contribution in [3.63, 3.8) is 0 Å². The van der Waals surface area contributed by atoms with Crippen LogP contribution in [0.4, 0.5) is 4.39 Å². The van der Waals surface area contributed by atoms with E-state index < -0.39 is 0 Å². The largest absolute Gasteiger partial charge is 0.313 e. The Balaban J connectivity index is 2.31. The minimum atomic E-state index is -0.101. The minimum absolute atomic E-state index is 0.000926. The van der Waals surface area contributed by atoms with Gasteiger partial charge in [-0.05, 0) is 44.0 Å². The average Bonchev–Trinajstić information content (AvgIpc) is 2.41. The molecule has 1 N–H and O–H groups in total. The lowest BCUT2D eigenvalue weighted by Crippen LogP contribution is -2.20. The highest BCUT2D eigenvalue weighted by Crippen LogP contribution is 2.24. The molecule has 0 bridgehead atoms. The van der Waals surface area contributed by atoms with E-state index in [0.29, 0.717) is 5.56 Å². The van der Waals surface area contributed by atoms with Crippen LogP contribution in [0, 0.1) is 19.7 Å². The number of nitrogens with one attached hydrogen (secondary N) is 1. The number of rotatable bonds is 4. The quantitative estimate of drug-likeness (QED) is 0.874. The molecule has 1 atom stereocenters. The van der Waals surface area contributed by atoms with Crippen LogP contribution in [0.5, 0.6) is 0 Å². The van der Waals surface area contributed by atoms with E-state index in [1.54, 1.807) is 13.0 Å². The average molecular weight is 257 g/mol. The zero-order chi connectivity index (χ0) is 13.8. The predicted octanol–water partition coefficient (Wildman–Crippen LogP) is 3.95. The number of hydrogen-bond acceptors (Lipinski definition) is 1. The molecule has 0 fully saturated rings. The van der Waals surface area contributed by atoms with Crippen LogP contribution in [0.2, 0.25) is 0 Å². The Morgan fingerprint density at radius 3 is 2.37 bits per heavy atom. The molecule has 100 valence electrons. The van der Waals surface area contributed by atoms with Gasteiger partial charge in [0.15, 0.2) is 0 Å². The van der Waals surface area contributed by atoms with Gasteiger partial charge < -0.3 is 5.32 Å². The molecule has 0 saturated carbocycles. The van der Waals surface area contributed by atoms with Crippen molar-refractivity contribution in [2.75, 3.05) is 7.05 Å². The number of likely N-dealkylation sites (N-methyl/N-ethyl adjacent to an activating group) is 1. The third kappa shape index (κ3) is 3.02. The van der Waals surface area contributed by atoms with Gasteiger partial charge in [-0.2, -0.15) is 0 Å². The molecule has 0 aromatic heterocycles. The number of benzene rings is 2. The Morgan fingerprint density at radius 1 is 1.00 bits per heavy atom. The zero-order valence-corrected chi connectivity index (χ0v) is 11.7. The van der Waals surface area contributed by atoms with Crippen molar-refractivity contribution in [1.29, 1.82) is 0 Å². The van der Waals surface area contributed by atoms with Gasteiger partial charge in [-0.25, -0.2) is 4.39 Å². The summed E-state index contributed by atoms with van der Waals surface area (Å²) in [5.74, 6) is -0.101. The van der Waals surface area contributed by atoms with Gasteiger partial charge in [0.1, 0.15) is 5.82 Å². The van der Waals surface area contributed by atoms with E-state index in [1.807, 2.05) is 31.3 Å². The molecule has 2 heteroatoms. The lowest BCUT2D eigenvalue weighted by atomic mass is 9.95. The standard InChI is InChI=1S/C17H20FN/c1-12-7-4-5-9-14(12)11-16(19-3)15-10-6-8-13(2)17(15)18/h4-10,16,19H,11H2,1-3H3.